The van der Waals surface area contributed by atoms with E-state index in [0.717, 1.165) is 12.1 Å². The lowest BCUT2D eigenvalue weighted by Gasteiger charge is -2.16. The summed E-state index contributed by atoms with van der Waals surface area (Å²) in [6, 6.07) is 8.69. The first-order chi connectivity index (χ1) is 9.61. The van der Waals surface area contributed by atoms with Gasteiger partial charge >= 0.3 is 0 Å². The van der Waals surface area contributed by atoms with Crippen molar-refractivity contribution in [2.24, 2.45) is 0 Å². The molecule has 106 valence electrons. The molecular weight excluding hydrogens is 255 g/mol. The van der Waals surface area contributed by atoms with Crippen LogP contribution in [0.3, 0.4) is 0 Å². The maximum absolute atomic E-state index is 13.3. The minimum Gasteiger partial charge on any atom is -0.439 e. The molecule has 3 nitrogen and oxygen atoms in total. The number of pyridine rings is 1. The summed E-state index contributed by atoms with van der Waals surface area (Å²) in [5.74, 6) is 0.902. The molecule has 0 saturated heterocycles. The fraction of sp³-hybridized carbons (Fsp3) is 0.312. The van der Waals surface area contributed by atoms with Gasteiger partial charge < -0.3 is 10.1 Å². The lowest BCUT2D eigenvalue weighted by atomic mass is 10.1. The van der Waals surface area contributed by atoms with Gasteiger partial charge in [-0.2, -0.15) is 0 Å². The quantitative estimate of drug-likeness (QED) is 0.895. The number of hydrogen-bond donors (Lipinski definition) is 1. The average Bonchev–Trinajstić information content (AvgIpc) is 2.44. The van der Waals surface area contributed by atoms with Crippen molar-refractivity contribution < 1.29 is 9.13 Å². The molecule has 1 aromatic carbocycles. The Kier molecular flexibility index (Phi) is 4.69. The van der Waals surface area contributed by atoms with Crippen molar-refractivity contribution in [1.29, 1.82) is 0 Å². The molecule has 2 aromatic rings. The van der Waals surface area contributed by atoms with Crippen molar-refractivity contribution >= 4 is 0 Å². The van der Waals surface area contributed by atoms with Gasteiger partial charge in [0.1, 0.15) is 11.6 Å². The Morgan fingerprint density at radius 1 is 1.35 bits per heavy atom. The lowest BCUT2D eigenvalue weighted by Crippen LogP contribution is -2.18. The first-order valence-electron chi connectivity index (χ1n) is 6.74. The number of aromatic nitrogens is 1. The molecule has 1 atom stereocenters. The molecule has 0 amide bonds. The van der Waals surface area contributed by atoms with Crippen LogP contribution in [0, 0.1) is 12.7 Å². The molecule has 0 aliphatic carbocycles. The van der Waals surface area contributed by atoms with Crippen LogP contribution in [0.25, 0.3) is 0 Å². The van der Waals surface area contributed by atoms with Crippen molar-refractivity contribution in [1.82, 2.24) is 10.3 Å². The number of rotatable bonds is 5. The summed E-state index contributed by atoms with van der Waals surface area (Å²) in [4.78, 5) is 4.27. The van der Waals surface area contributed by atoms with Crippen molar-refractivity contribution in [2.75, 3.05) is 6.54 Å². The fourth-order valence-electron chi connectivity index (χ4n) is 2.03. The predicted octanol–water partition coefficient (Wildman–Crippen LogP) is 3.99. The molecule has 1 heterocycles. The van der Waals surface area contributed by atoms with Crippen LogP contribution < -0.4 is 10.1 Å². The molecule has 4 heteroatoms. The van der Waals surface area contributed by atoms with Gasteiger partial charge in [-0.25, -0.2) is 9.37 Å². The number of aryl methyl sites for hydroxylation is 1. The maximum atomic E-state index is 13.3. The van der Waals surface area contributed by atoms with Gasteiger partial charge in [0.15, 0.2) is 0 Å². The molecule has 1 N–H and O–H groups in total. The Hall–Kier alpha value is -1.94. The number of nitrogens with zero attached hydrogens (tertiary/aromatic N) is 1. The minimum absolute atomic E-state index is 0.144. The number of ether oxygens (including phenoxy) is 1. The Bertz CT molecular complexity index is 586. The van der Waals surface area contributed by atoms with Gasteiger partial charge in [-0.3, -0.25) is 0 Å². The third-order valence-electron chi connectivity index (χ3n) is 3.12. The van der Waals surface area contributed by atoms with E-state index in [1.54, 1.807) is 25.3 Å². The van der Waals surface area contributed by atoms with Crippen LogP contribution in [-0.2, 0) is 0 Å². The second kappa shape index (κ2) is 6.48. The van der Waals surface area contributed by atoms with E-state index in [9.17, 15) is 4.39 Å². The average molecular weight is 274 g/mol. The Morgan fingerprint density at radius 3 is 2.85 bits per heavy atom. The largest absolute Gasteiger partial charge is 0.439 e. The molecule has 0 saturated carbocycles. The molecule has 0 fully saturated rings. The SMILES string of the molecule is CCNC(C)c1cccnc1Oc1ccc(F)c(C)c1. The maximum Gasteiger partial charge on any atom is 0.223 e. The van der Waals surface area contributed by atoms with E-state index in [0.29, 0.717) is 17.2 Å². The Labute approximate surface area is 118 Å². The van der Waals surface area contributed by atoms with Gasteiger partial charge in [0, 0.05) is 17.8 Å². The molecule has 1 unspecified atom stereocenters. The van der Waals surface area contributed by atoms with E-state index in [4.69, 9.17) is 4.74 Å². The molecule has 2 rings (SSSR count). The number of halogens is 1. The van der Waals surface area contributed by atoms with E-state index >= 15 is 0 Å². The summed E-state index contributed by atoms with van der Waals surface area (Å²) >= 11 is 0. The van der Waals surface area contributed by atoms with Crippen molar-refractivity contribution in [3.63, 3.8) is 0 Å². The highest BCUT2D eigenvalue weighted by Crippen LogP contribution is 2.28. The van der Waals surface area contributed by atoms with E-state index in [-0.39, 0.29) is 11.9 Å². The first kappa shape index (κ1) is 14.5. The Morgan fingerprint density at radius 2 is 2.15 bits per heavy atom. The summed E-state index contributed by atoms with van der Waals surface area (Å²) in [6.45, 7) is 6.69. The standard InChI is InChI=1S/C16H19FN2O/c1-4-18-12(3)14-6-5-9-19-16(14)20-13-7-8-15(17)11(2)10-13/h5-10,12,18H,4H2,1-3H3. The van der Waals surface area contributed by atoms with Crippen molar-refractivity contribution in [3.8, 4) is 11.6 Å². The zero-order chi connectivity index (χ0) is 14.5. The lowest BCUT2D eigenvalue weighted by molar-refractivity contribution is 0.442. The van der Waals surface area contributed by atoms with Crippen LogP contribution in [-0.4, -0.2) is 11.5 Å². The van der Waals surface area contributed by atoms with Crippen molar-refractivity contribution in [2.45, 2.75) is 26.8 Å². The summed E-state index contributed by atoms with van der Waals surface area (Å²) < 4.78 is 19.1. The summed E-state index contributed by atoms with van der Waals surface area (Å²) in [5.41, 5.74) is 1.54. The second-order valence-corrected chi connectivity index (χ2v) is 4.69. The highest BCUT2D eigenvalue weighted by Gasteiger charge is 2.12. The minimum atomic E-state index is -0.236. The summed E-state index contributed by atoms with van der Waals surface area (Å²) in [5, 5.41) is 3.33. The zero-order valence-corrected chi connectivity index (χ0v) is 12.0. The summed E-state index contributed by atoms with van der Waals surface area (Å²) in [7, 11) is 0. The third-order valence-corrected chi connectivity index (χ3v) is 3.12. The molecule has 0 aliphatic rings. The smallest absolute Gasteiger partial charge is 0.223 e. The van der Waals surface area contributed by atoms with Crippen LogP contribution in [0.5, 0.6) is 11.6 Å². The van der Waals surface area contributed by atoms with E-state index in [1.165, 1.54) is 6.07 Å². The number of nitrogens with one attached hydrogen (secondary N) is 1. The second-order valence-electron chi connectivity index (χ2n) is 4.69. The zero-order valence-electron chi connectivity index (χ0n) is 12.0. The van der Waals surface area contributed by atoms with Crippen LogP contribution >= 0.6 is 0 Å². The van der Waals surface area contributed by atoms with E-state index < -0.39 is 0 Å². The summed E-state index contributed by atoms with van der Waals surface area (Å²) in [6.07, 6.45) is 1.69. The van der Waals surface area contributed by atoms with Crippen LogP contribution in [0.4, 0.5) is 4.39 Å². The molecule has 1 aromatic heterocycles. The molecule has 0 spiro atoms. The van der Waals surface area contributed by atoms with Crippen LogP contribution in [0.2, 0.25) is 0 Å². The van der Waals surface area contributed by atoms with E-state index in [1.807, 2.05) is 12.1 Å². The molecule has 20 heavy (non-hydrogen) atoms. The van der Waals surface area contributed by atoms with Crippen LogP contribution in [0.15, 0.2) is 36.5 Å². The van der Waals surface area contributed by atoms with Gasteiger partial charge in [0.05, 0.1) is 0 Å². The van der Waals surface area contributed by atoms with Gasteiger partial charge in [-0.15, -0.1) is 0 Å². The normalized spacial score (nSPS) is 12.2. The molecule has 0 radical (unpaired) electrons. The third kappa shape index (κ3) is 3.33. The Balaban J connectivity index is 2.26. The predicted molar refractivity (Wildman–Crippen MR) is 77.5 cm³/mol. The van der Waals surface area contributed by atoms with Gasteiger partial charge in [-0.05, 0) is 50.2 Å². The van der Waals surface area contributed by atoms with Gasteiger partial charge in [0.2, 0.25) is 5.88 Å². The fourth-order valence-corrected chi connectivity index (χ4v) is 2.03. The number of benzene rings is 1. The first-order valence-corrected chi connectivity index (χ1v) is 6.74. The highest BCUT2D eigenvalue weighted by atomic mass is 19.1. The van der Waals surface area contributed by atoms with E-state index in [2.05, 4.69) is 24.1 Å². The molecular formula is C16H19FN2O. The van der Waals surface area contributed by atoms with Gasteiger partial charge in [0.25, 0.3) is 0 Å². The molecule has 0 bridgehead atoms. The number of hydrogen-bond acceptors (Lipinski definition) is 3. The van der Waals surface area contributed by atoms with Crippen molar-refractivity contribution in [3.05, 3.63) is 53.5 Å². The highest BCUT2D eigenvalue weighted by molar-refractivity contribution is 5.36. The monoisotopic (exact) mass is 274 g/mol. The topological polar surface area (TPSA) is 34.2 Å². The van der Waals surface area contributed by atoms with Crippen LogP contribution in [0.1, 0.15) is 31.0 Å². The van der Waals surface area contributed by atoms with Gasteiger partial charge in [-0.1, -0.05) is 13.0 Å². The molecule has 0 aliphatic heterocycles.